The molecule has 1 rings (SSSR count). The van der Waals surface area contributed by atoms with Gasteiger partial charge >= 0.3 is 12.0 Å². The van der Waals surface area contributed by atoms with Gasteiger partial charge in [0.05, 0.1) is 0 Å². The number of nitrogens with one attached hydrogen (secondary N) is 2. The summed E-state index contributed by atoms with van der Waals surface area (Å²) in [6, 6.07) is -1.37. The highest BCUT2D eigenvalue weighted by molar-refractivity contribution is 5.83. The third-order valence-electron chi connectivity index (χ3n) is 3.61. The monoisotopic (exact) mass is 301 g/mol. The van der Waals surface area contributed by atoms with Gasteiger partial charge in [0.2, 0.25) is 5.91 Å². The summed E-state index contributed by atoms with van der Waals surface area (Å²) in [5.41, 5.74) is 0. The van der Waals surface area contributed by atoms with Gasteiger partial charge in [-0.25, -0.2) is 9.59 Å². The molecule has 3 N–H and O–H groups in total. The maximum Gasteiger partial charge on any atom is 0.326 e. The molecule has 0 saturated carbocycles. The van der Waals surface area contributed by atoms with E-state index in [0.29, 0.717) is 25.9 Å². The van der Waals surface area contributed by atoms with Crippen LogP contribution in [0.25, 0.3) is 0 Å². The van der Waals surface area contributed by atoms with Gasteiger partial charge in [0.15, 0.2) is 0 Å². The van der Waals surface area contributed by atoms with Crippen molar-refractivity contribution in [1.82, 2.24) is 15.5 Å². The molecule has 0 radical (unpaired) electrons. The Balaban J connectivity index is 2.45. The zero-order chi connectivity index (χ0) is 15.8. The summed E-state index contributed by atoms with van der Waals surface area (Å²) in [6.07, 6.45) is 1.39. The lowest BCUT2D eigenvalue weighted by atomic mass is 9.96. The molecule has 1 saturated heterocycles. The molecule has 1 aliphatic heterocycles. The van der Waals surface area contributed by atoms with Gasteiger partial charge in [-0.15, -0.1) is 0 Å². The zero-order valence-electron chi connectivity index (χ0n) is 12.4. The minimum Gasteiger partial charge on any atom is -0.480 e. The van der Waals surface area contributed by atoms with E-state index in [1.54, 1.807) is 11.9 Å². The van der Waals surface area contributed by atoms with E-state index in [4.69, 9.17) is 9.84 Å². The van der Waals surface area contributed by atoms with Crippen molar-refractivity contribution in [3.05, 3.63) is 0 Å². The fraction of sp³-hybridized carbons (Fsp3) is 0.769. The average Bonchev–Trinajstić information content (AvgIpc) is 2.50. The van der Waals surface area contributed by atoms with Gasteiger partial charge in [-0.3, -0.25) is 4.79 Å². The number of ether oxygens (including phenoxy) is 1. The van der Waals surface area contributed by atoms with Gasteiger partial charge < -0.3 is 25.4 Å². The van der Waals surface area contributed by atoms with Gasteiger partial charge in [-0.05, 0) is 12.8 Å². The molecular weight excluding hydrogens is 278 g/mol. The van der Waals surface area contributed by atoms with Crippen LogP contribution in [0.2, 0.25) is 0 Å². The van der Waals surface area contributed by atoms with Gasteiger partial charge in [0, 0.05) is 46.2 Å². The maximum atomic E-state index is 12.0. The molecule has 0 aromatic carbocycles. The molecule has 21 heavy (non-hydrogen) atoms. The number of carboxylic acid groups (broad SMARTS) is 1. The summed E-state index contributed by atoms with van der Waals surface area (Å²) < 4.78 is 4.83. The highest BCUT2D eigenvalue weighted by atomic mass is 16.5. The molecule has 0 spiro atoms. The Labute approximate surface area is 123 Å². The van der Waals surface area contributed by atoms with E-state index in [9.17, 15) is 14.4 Å². The predicted molar refractivity (Wildman–Crippen MR) is 74.8 cm³/mol. The van der Waals surface area contributed by atoms with Crippen LogP contribution < -0.4 is 10.6 Å². The van der Waals surface area contributed by atoms with E-state index < -0.39 is 18.0 Å². The van der Waals surface area contributed by atoms with Gasteiger partial charge in [0.1, 0.15) is 6.04 Å². The standard InChI is InChI=1S/C13H23N3O5/c1-14-11(17)9-3-6-16(7-4-9)13(20)15-10(12(18)19)5-8-21-2/h9-10H,3-8H2,1-2H3,(H,14,17)(H,15,20)(H,18,19). The highest BCUT2D eigenvalue weighted by Crippen LogP contribution is 2.17. The van der Waals surface area contributed by atoms with E-state index in [1.807, 2.05) is 0 Å². The molecule has 1 aliphatic rings. The Hall–Kier alpha value is -1.83. The van der Waals surface area contributed by atoms with Crippen LogP contribution >= 0.6 is 0 Å². The van der Waals surface area contributed by atoms with Crippen LogP contribution in [0.15, 0.2) is 0 Å². The number of carbonyl (C=O) groups is 3. The first kappa shape index (κ1) is 17.2. The van der Waals surface area contributed by atoms with E-state index in [-0.39, 0.29) is 24.9 Å². The van der Waals surface area contributed by atoms with Crippen molar-refractivity contribution in [3.8, 4) is 0 Å². The van der Waals surface area contributed by atoms with E-state index in [0.717, 1.165) is 0 Å². The number of hydrogen-bond donors (Lipinski definition) is 3. The molecule has 3 amide bonds. The first-order valence-corrected chi connectivity index (χ1v) is 6.98. The Morgan fingerprint density at radius 3 is 2.43 bits per heavy atom. The number of urea groups is 1. The number of hydrogen-bond acceptors (Lipinski definition) is 4. The molecule has 1 unspecified atom stereocenters. The molecule has 1 heterocycles. The molecule has 0 aromatic rings. The molecule has 1 atom stereocenters. The van der Waals surface area contributed by atoms with Gasteiger partial charge in [0.25, 0.3) is 0 Å². The van der Waals surface area contributed by atoms with Gasteiger partial charge in [-0.2, -0.15) is 0 Å². The molecule has 120 valence electrons. The molecule has 0 aliphatic carbocycles. The molecule has 8 nitrogen and oxygen atoms in total. The second kappa shape index (κ2) is 8.46. The van der Waals surface area contributed by atoms with Crippen molar-refractivity contribution in [2.75, 3.05) is 33.9 Å². The predicted octanol–water partition coefficient (Wildman–Crippen LogP) is -0.356. The largest absolute Gasteiger partial charge is 0.480 e. The molecular formula is C13H23N3O5. The third kappa shape index (κ3) is 5.22. The summed E-state index contributed by atoms with van der Waals surface area (Å²) in [5.74, 6) is -1.18. The van der Waals surface area contributed by atoms with Crippen molar-refractivity contribution < 1.29 is 24.2 Å². The summed E-state index contributed by atoms with van der Waals surface area (Å²) in [7, 11) is 3.07. The summed E-state index contributed by atoms with van der Waals surface area (Å²) in [4.78, 5) is 36.1. The number of methoxy groups -OCH3 is 1. The van der Waals surface area contributed by atoms with Crippen molar-refractivity contribution in [2.45, 2.75) is 25.3 Å². The van der Waals surface area contributed by atoms with Gasteiger partial charge in [-0.1, -0.05) is 0 Å². The van der Waals surface area contributed by atoms with Crippen LogP contribution in [-0.2, 0) is 14.3 Å². The first-order chi connectivity index (χ1) is 9.99. The van der Waals surface area contributed by atoms with E-state index in [2.05, 4.69) is 10.6 Å². The average molecular weight is 301 g/mol. The normalized spacial score (nSPS) is 17.1. The third-order valence-corrected chi connectivity index (χ3v) is 3.61. The zero-order valence-corrected chi connectivity index (χ0v) is 12.4. The Morgan fingerprint density at radius 1 is 1.33 bits per heavy atom. The van der Waals surface area contributed by atoms with E-state index >= 15 is 0 Å². The quantitative estimate of drug-likeness (QED) is 0.621. The number of aliphatic carboxylic acids is 1. The molecule has 1 fully saturated rings. The second-order valence-electron chi connectivity index (χ2n) is 5.00. The van der Waals surface area contributed by atoms with Crippen LogP contribution in [0, 0.1) is 5.92 Å². The number of rotatable bonds is 6. The van der Waals surface area contributed by atoms with Crippen LogP contribution in [-0.4, -0.2) is 67.8 Å². The SMILES string of the molecule is CNC(=O)C1CCN(C(=O)NC(CCOC)C(=O)O)CC1. The summed E-state index contributed by atoms with van der Waals surface area (Å²) in [6.45, 7) is 1.15. The fourth-order valence-electron chi connectivity index (χ4n) is 2.28. The van der Waals surface area contributed by atoms with Crippen LogP contribution in [0.4, 0.5) is 4.79 Å². The fourth-order valence-corrected chi connectivity index (χ4v) is 2.28. The maximum absolute atomic E-state index is 12.0. The Morgan fingerprint density at radius 2 is 1.95 bits per heavy atom. The molecule has 0 bridgehead atoms. The number of nitrogens with zero attached hydrogens (tertiary/aromatic N) is 1. The lowest BCUT2D eigenvalue weighted by Crippen LogP contribution is -2.51. The lowest BCUT2D eigenvalue weighted by molar-refractivity contribution is -0.139. The minimum absolute atomic E-state index is 0.0152. The number of amides is 3. The summed E-state index contributed by atoms with van der Waals surface area (Å²) in [5, 5.41) is 14.1. The van der Waals surface area contributed by atoms with Crippen LogP contribution in [0.5, 0.6) is 0 Å². The number of carbonyl (C=O) groups excluding carboxylic acids is 2. The summed E-state index contributed by atoms with van der Waals surface area (Å²) >= 11 is 0. The van der Waals surface area contributed by atoms with Crippen LogP contribution in [0.3, 0.4) is 0 Å². The second-order valence-corrected chi connectivity index (χ2v) is 5.00. The van der Waals surface area contributed by atoms with Crippen molar-refractivity contribution in [1.29, 1.82) is 0 Å². The minimum atomic E-state index is -1.08. The van der Waals surface area contributed by atoms with E-state index in [1.165, 1.54) is 7.11 Å². The smallest absolute Gasteiger partial charge is 0.326 e. The molecule has 8 heteroatoms. The Kier molecular flexibility index (Phi) is 6.93. The Bertz CT molecular complexity index is 380. The van der Waals surface area contributed by atoms with Crippen LogP contribution in [0.1, 0.15) is 19.3 Å². The van der Waals surface area contributed by atoms with Crippen molar-refractivity contribution in [2.24, 2.45) is 5.92 Å². The lowest BCUT2D eigenvalue weighted by Gasteiger charge is -2.32. The molecule has 0 aromatic heterocycles. The highest BCUT2D eigenvalue weighted by Gasteiger charge is 2.28. The number of carboxylic acids is 1. The topological polar surface area (TPSA) is 108 Å². The van der Waals surface area contributed by atoms with Crippen molar-refractivity contribution in [3.63, 3.8) is 0 Å². The number of piperidine rings is 1. The number of likely N-dealkylation sites (tertiary alicyclic amines) is 1. The van der Waals surface area contributed by atoms with Crippen molar-refractivity contribution >= 4 is 17.9 Å². The first-order valence-electron chi connectivity index (χ1n) is 6.98.